The molecule has 21 heavy (non-hydrogen) atoms. The molecule has 2 nitrogen and oxygen atoms in total. The molecule has 5 heteroatoms. The van der Waals surface area contributed by atoms with Crippen molar-refractivity contribution in [2.24, 2.45) is 0 Å². The molecular weight excluding hydrogens is 342 g/mol. The van der Waals surface area contributed by atoms with Crippen LogP contribution in [0, 0.1) is 11.6 Å². The van der Waals surface area contributed by atoms with Gasteiger partial charge in [-0.2, -0.15) is 0 Å². The van der Waals surface area contributed by atoms with Gasteiger partial charge in [-0.25, -0.2) is 8.78 Å². The smallest absolute Gasteiger partial charge is 0.129 e. The normalized spacial score (nSPS) is 12.2. The highest BCUT2D eigenvalue weighted by Gasteiger charge is 2.14. The third kappa shape index (κ3) is 4.25. The summed E-state index contributed by atoms with van der Waals surface area (Å²) in [5, 5.41) is 10.1. The number of methoxy groups -OCH3 is 1. The summed E-state index contributed by atoms with van der Waals surface area (Å²) in [6.45, 7) is 0. The minimum Gasteiger partial charge on any atom is -0.496 e. The molecule has 2 aromatic carbocycles. The van der Waals surface area contributed by atoms with Crippen molar-refractivity contribution in [3.8, 4) is 5.75 Å². The van der Waals surface area contributed by atoms with Gasteiger partial charge in [-0.15, -0.1) is 0 Å². The molecule has 1 N–H and O–H groups in total. The lowest BCUT2D eigenvalue weighted by atomic mass is 10.0. The van der Waals surface area contributed by atoms with Crippen molar-refractivity contribution in [1.29, 1.82) is 0 Å². The van der Waals surface area contributed by atoms with Crippen molar-refractivity contribution in [3.05, 3.63) is 63.6 Å². The summed E-state index contributed by atoms with van der Waals surface area (Å²) < 4.78 is 32.5. The minimum absolute atomic E-state index is 0.113. The Balaban J connectivity index is 2.11. The van der Waals surface area contributed by atoms with Crippen molar-refractivity contribution >= 4 is 15.9 Å². The zero-order chi connectivity index (χ0) is 15.4. The predicted molar refractivity (Wildman–Crippen MR) is 80.5 cm³/mol. The lowest BCUT2D eigenvalue weighted by molar-refractivity contribution is 0.173. The molecule has 0 aromatic heterocycles. The molecule has 0 saturated carbocycles. The number of ether oxygens (including phenoxy) is 1. The summed E-state index contributed by atoms with van der Waals surface area (Å²) in [5.74, 6) is -0.605. The van der Waals surface area contributed by atoms with E-state index in [1.165, 1.54) is 12.1 Å². The van der Waals surface area contributed by atoms with Gasteiger partial charge in [0.25, 0.3) is 0 Å². The van der Waals surface area contributed by atoms with Crippen molar-refractivity contribution in [2.75, 3.05) is 7.11 Å². The fourth-order valence-corrected chi connectivity index (χ4v) is 2.58. The summed E-state index contributed by atoms with van der Waals surface area (Å²) in [6, 6.07) is 8.85. The van der Waals surface area contributed by atoms with Crippen LogP contribution in [0.4, 0.5) is 8.78 Å². The molecule has 0 saturated heterocycles. The molecule has 0 aliphatic rings. The molecule has 0 fully saturated rings. The van der Waals surface area contributed by atoms with E-state index in [0.717, 1.165) is 16.1 Å². The van der Waals surface area contributed by atoms with Gasteiger partial charge in [0, 0.05) is 23.4 Å². The predicted octanol–water partition coefficient (Wildman–Crippen LogP) is 3.88. The summed E-state index contributed by atoms with van der Waals surface area (Å²) in [6.07, 6.45) is -0.352. The van der Waals surface area contributed by atoms with Crippen LogP contribution in [0.3, 0.4) is 0 Å². The Bertz CT molecular complexity index is 632. The molecule has 0 spiro atoms. The van der Waals surface area contributed by atoms with E-state index in [-0.39, 0.29) is 12.0 Å². The maximum Gasteiger partial charge on any atom is 0.129 e. The van der Waals surface area contributed by atoms with Gasteiger partial charge in [0.2, 0.25) is 0 Å². The maximum atomic E-state index is 13.6. The molecular formula is C16H15BrF2O2. The SMILES string of the molecule is COc1ccc(Br)cc1CC(O)Cc1ccc(F)cc1F. The topological polar surface area (TPSA) is 29.5 Å². The van der Waals surface area contributed by atoms with Crippen molar-refractivity contribution in [2.45, 2.75) is 18.9 Å². The number of aliphatic hydroxyl groups excluding tert-OH is 1. The third-order valence-electron chi connectivity index (χ3n) is 3.17. The molecule has 0 radical (unpaired) electrons. The second-order valence-corrected chi connectivity index (χ2v) is 5.67. The standard InChI is InChI=1S/C16H15BrF2O2/c1-21-16-5-3-12(17)6-11(16)8-14(20)7-10-2-4-13(18)9-15(10)19/h2-6,9,14,20H,7-8H2,1H3. The monoisotopic (exact) mass is 356 g/mol. The van der Waals surface area contributed by atoms with Crippen LogP contribution in [0.15, 0.2) is 40.9 Å². The van der Waals surface area contributed by atoms with Gasteiger partial charge in [0.1, 0.15) is 17.4 Å². The molecule has 0 aliphatic heterocycles. The zero-order valence-corrected chi connectivity index (χ0v) is 13.0. The molecule has 0 heterocycles. The third-order valence-corrected chi connectivity index (χ3v) is 3.66. The van der Waals surface area contributed by atoms with Crippen LogP contribution in [0.25, 0.3) is 0 Å². The average molecular weight is 357 g/mol. The molecule has 0 amide bonds. The van der Waals surface area contributed by atoms with Gasteiger partial charge in [-0.1, -0.05) is 22.0 Å². The first-order chi connectivity index (χ1) is 9.99. The summed E-state index contributed by atoms with van der Waals surface area (Å²) in [5.41, 5.74) is 1.11. The first kappa shape index (κ1) is 15.9. The highest BCUT2D eigenvalue weighted by Crippen LogP contribution is 2.25. The molecule has 2 rings (SSSR count). The Morgan fingerprint density at radius 3 is 2.48 bits per heavy atom. The largest absolute Gasteiger partial charge is 0.496 e. The van der Waals surface area contributed by atoms with Gasteiger partial charge in [0.05, 0.1) is 13.2 Å². The first-order valence-electron chi connectivity index (χ1n) is 6.44. The number of benzene rings is 2. The molecule has 0 bridgehead atoms. The lowest BCUT2D eigenvalue weighted by Gasteiger charge is -2.14. The quantitative estimate of drug-likeness (QED) is 0.880. The molecule has 1 atom stereocenters. The van der Waals surface area contributed by atoms with E-state index >= 15 is 0 Å². The summed E-state index contributed by atoms with van der Waals surface area (Å²) >= 11 is 3.36. The zero-order valence-electron chi connectivity index (χ0n) is 11.4. The molecule has 112 valence electrons. The second kappa shape index (κ2) is 7.00. The highest BCUT2D eigenvalue weighted by atomic mass is 79.9. The highest BCUT2D eigenvalue weighted by molar-refractivity contribution is 9.10. The van der Waals surface area contributed by atoms with Crippen LogP contribution >= 0.6 is 15.9 Å². The van der Waals surface area contributed by atoms with E-state index in [2.05, 4.69) is 15.9 Å². The second-order valence-electron chi connectivity index (χ2n) is 4.75. The minimum atomic E-state index is -0.784. The van der Waals surface area contributed by atoms with E-state index in [0.29, 0.717) is 12.2 Å². The van der Waals surface area contributed by atoms with E-state index in [1.807, 2.05) is 12.1 Å². The van der Waals surface area contributed by atoms with Crippen molar-refractivity contribution in [1.82, 2.24) is 0 Å². The maximum absolute atomic E-state index is 13.6. The average Bonchev–Trinajstić information content (AvgIpc) is 2.42. The summed E-state index contributed by atoms with van der Waals surface area (Å²) in [7, 11) is 1.55. The summed E-state index contributed by atoms with van der Waals surface area (Å²) in [4.78, 5) is 0. The van der Waals surface area contributed by atoms with Gasteiger partial charge in [0.15, 0.2) is 0 Å². The molecule has 1 unspecified atom stereocenters. The van der Waals surface area contributed by atoms with E-state index in [4.69, 9.17) is 4.74 Å². The first-order valence-corrected chi connectivity index (χ1v) is 7.23. The van der Waals surface area contributed by atoms with Crippen LogP contribution in [0.2, 0.25) is 0 Å². The number of hydrogen-bond acceptors (Lipinski definition) is 2. The van der Waals surface area contributed by atoms with Crippen LogP contribution in [0.5, 0.6) is 5.75 Å². The fourth-order valence-electron chi connectivity index (χ4n) is 2.17. The van der Waals surface area contributed by atoms with Crippen molar-refractivity contribution < 1.29 is 18.6 Å². The Morgan fingerprint density at radius 2 is 1.81 bits per heavy atom. The number of halogens is 3. The van der Waals surface area contributed by atoms with Gasteiger partial charge in [-0.3, -0.25) is 0 Å². The van der Waals surface area contributed by atoms with Crippen LogP contribution in [0.1, 0.15) is 11.1 Å². The number of aliphatic hydroxyl groups is 1. The van der Waals surface area contributed by atoms with Gasteiger partial charge in [-0.05, 0) is 35.4 Å². The van der Waals surface area contributed by atoms with Crippen LogP contribution < -0.4 is 4.74 Å². The van der Waals surface area contributed by atoms with Gasteiger partial charge >= 0.3 is 0 Å². The Labute approximate surface area is 130 Å². The Kier molecular flexibility index (Phi) is 5.31. The lowest BCUT2D eigenvalue weighted by Crippen LogP contribution is -2.15. The van der Waals surface area contributed by atoms with Crippen molar-refractivity contribution in [3.63, 3.8) is 0 Å². The van der Waals surface area contributed by atoms with Gasteiger partial charge < -0.3 is 9.84 Å². The molecule has 0 aliphatic carbocycles. The number of rotatable bonds is 5. The Morgan fingerprint density at radius 1 is 1.10 bits per heavy atom. The molecule has 2 aromatic rings. The van der Waals surface area contributed by atoms with E-state index in [1.54, 1.807) is 13.2 Å². The van der Waals surface area contributed by atoms with Crippen LogP contribution in [-0.2, 0) is 12.8 Å². The van der Waals surface area contributed by atoms with E-state index in [9.17, 15) is 13.9 Å². The van der Waals surface area contributed by atoms with E-state index < -0.39 is 17.7 Å². The fraction of sp³-hybridized carbons (Fsp3) is 0.250. The van der Waals surface area contributed by atoms with Crippen LogP contribution in [-0.4, -0.2) is 18.3 Å². The Hall–Kier alpha value is -1.46. The number of hydrogen-bond donors (Lipinski definition) is 1.